The number of carbonyl (C=O) groups excluding carboxylic acids is 1. The number of hydrogen-bond donors (Lipinski definition) is 2. The highest BCUT2D eigenvalue weighted by Gasteiger charge is 2.36. The number of rotatable bonds is 6. The summed E-state index contributed by atoms with van der Waals surface area (Å²) in [5, 5.41) is 20.4. The molecule has 0 radical (unpaired) electrons. The van der Waals surface area contributed by atoms with E-state index >= 15 is 0 Å². The largest absolute Gasteiger partial charge is 0.508 e. The van der Waals surface area contributed by atoms with Crippen molar-refractivity contribution >= 4 is 17.4 Å². The van der Waals surface area contributed by atoms with Crippen LogP contribution in [0.4, 0.5) is 14.9 Å². The average Bonchev–Trinajstić information content (AvgIpc) is 2.84. The third-order valence-corrected chi connectivity index (χ3v) is 6.35. The molecule has 0 bridgehead atoms. The summed E-state index contributed by atoms with van der Waals surface area (Å²) in [6, 6.07) is 14.4. The standard InChI is InChI=1S/C28H27FN2O4/c1-5-28(2,3)22-14-21(26(35-4)16-25(22)33)24-15-23(17-6-12-20(32)13-7-17)30-27(34)31(24)19-10-8-18(29)9-11-19/h5-14,16,24,32-33H,1,15H2,2-4H3. The summed E-state index contributed by atoms with van der Waals surface area (Å²) in [4.78, 5) is 19.2. The second-order valence-corrected chi connectivity index (χ2v) is 8.99. The lowest BCUT2D eigenvalue weighted by Crippen LogP contribution is -2.39. The molecule has 6 nitrogen and oxygen atoms in total. The lowest BCUT2D eigenvalue weighted by molar-refractivity contribution is 0.251. The molecule has 3 aromatic carbocycles. The van der Waals surface area contributed by atoms with Gasteiger partial charge in [-0.2, -0.15) is 4.99 Å². The summed E-state index contributed by atoms with van der Waals surface area (Å²) in [5.74, 6) is 0.152. The number of anilines is 1. The number of hydrogen-bond acceptors (Lipinski definition) is 4. The SMILES string of the molecule is C=CC(C)(C)c1cc(C2CC(c3ccc(O)cc3)=NC(=O)N2c2ccc(F)cc2)c(OC)cc1O. The van der Waals surface area contributed by atoms with E-state index in [1.165, 1.54) is 54.5 Å². The van der Waals surface area contributed by atoms with Crippen LogP contribution in [-0.4, -0.2) is 29.1 Å². The molecule has 1 aliphatic rings. The third kappa shape index (κ3) is 4.62. The molecule has 180 valence electrons. The number of nitrogens with zero attached hydrogens (tertiary/aromatic N) is 2. The summed E-state index contributed by atoms with van der Waals surface area (Å²) >= 11 is 0. The Labute approximate surface area is 203 Å². The van der Waals surface area contributed by atoms with E-state index in [9.17, 15) is 19.4 Å². The van der Waals surface area contributed by atoms with Gasteiger partial charge in [0.2, 0.25) is 0 Å². The van der Waals surface area contributed by atoms with Crippen LogP contribution in [-0.2, 0) is 5.41 Å². The molecule has 0 saturated carbocycles. The Bertz CT molecular complexity index is 1300. The van der Waals surface area contributed by atoms with Crippen LogP contribution in [0.1, 0.15) is 43.0 Å². The van der Waals surface area contributed by atoms with Gasteiger partial charge in [0.05, 0.1) is 18.9 Å². The number of aromatic hydroxyl groups is 2. The normalized spacial score (nSPS) is 16.1. The Morgan fingerprint density at radius 2 is 1.77 bits per heavy atom. The lowest BCUT2D eigenvalue weighted by Gasteiger charge is -2.36. The first-order valence-corrected chi connectivity index (χ1v) is 11.2. The zero-order valence-electron chi connectivity index (χ0n) is 19.8. The topological polar surface area (TPSA) is 82.4 Å². The molecule has 3 aromatic rings. The quantitative estimate of drug-likeness (QED) is 0.413. The molecule has 4 rings (SSSR count). The maximum Gasteiger partial charge on any atom is 0.348 e. The van der Waals surface area contributed by atoms with Gasteiger partial charge in [-0.05, 0) is 60.2 Å². The minimum atomic E-state index is -0.566. The molecule has 2 amide bonds. The highest BCUT2D eigenvalue weighted by atomic mass is 19.1. The molecular formula is C28H27FN2O4. The maximum atomic E-state index is 13.7. The summed E-state index contributed by atoms with van der Waals surface area (Å²) in [7, 11) is 1.50. The van der Waals surface area contributed by atoms with Crippen LogP contribution < -0.4 is 9.64 Å². The fourth-order valence-corrected chi connectivity index (χ4v) is 4.25. The van der Waals surface area contributed by atoms with Gasteiger partial charge in [0.15, 0.2) is 0 Å². The number of phenols is 2. The van der Waals surface area contributed by atoms with Crippen molar-refractivity contribution in [1.29, 1.82) is 0 Å². The summed E-state index contributed by atoms with van der Waals surface area (Å²) < 4.78 is 19.3. The van der Waals surface area contributed by atoms with Crippen molar-refractivity contribution in [1.82, 2.24) is 0 Å². The van der Waals surface area contributed by atoms with Gasteiger partial charge in [-0.15, -0.1) is 6.58 Å². The van der Waals surface area contributed by atoms with Crippen LogP contribution in [0.2, 0.25) is 0 Å². The molecule has 1 heterocycles. The van der Waals surface area contributed by atoms with Crippen LogP contribution in [0.15, 0.2) is 78.3 Å². The number of allylic oxidation sites excluding steroid dienone is 1. The lowest BCUT2D eigenvalue weighted by atomic mass is 9.81. The van der Waals surface area contributed by atoms with Crippen molar-refractivity contribution in [2.75, 3.05) is 12.0 Å². The molecular weight excluding hydrogens is 447 g/mol. The van der Waals surface area contributed by atoms with Crippen molar-refractivity contribution < 1.29 is 24.1 Å². The Kier molecular flexibility index (Phi) is 6.35. The number of benzene rings is 3. The second-order valence-electron chi connectivity index (χ2n) is 8.99. The van der Waals surface area contributed by atoms with Crippen molar-refractivity contribution in [3.8, 4) is 17.2 Å². The number of methoxy groups -OCH3 is 1. The number of urea groups is 1. The van der Waals surface area contributed by atoms with Gasteiger partial charge in [-0.25, -0.2) is 9.18 Å². The zero-order chi connectivity index (χ0) is 25.3. The van der Waals surface area contributed by atoms with Gasteiger partial charge in [0.25, 0.3) is 0 Å². The van der Waals surface area contributed by atoms with E-state index in [-0.39, 0.29) is 11.5 Å². The Hall–Kier alpha value is -4.13. The molecule has 0 spiro atoms. The summed E-state index contributed by atoms with van der Waals surface area (Å²) in [6.07, 6.45) is 2.06. The predicted molar refractivity (Wildman–Crippen MR) is 134 cm³/mol. The van der Waals surface area contributed by atoms with E-state index in [0.717, 1.165) is 0 Å². The van der Waals surface area contributed by atoms with Gasteiger partial charge in [0.1, 0.15) is 23.1 Å². The monoisotopic (exact) mass is 474 g/mol. The van der Waals surface area contributed by atoms with Gasteiger partial charge in [-0.3, -0.25) is 4.90 Å². The zero-order valence-corrected chi connectivity index (χ0v) is 19.8. The van der Waals surface area contributed by atoms with E-state index in [1.807, 2.05) is 19.9 Å². The van der Waals surface area contributed by atoms with Gasteiger partial charge < -0.3 is 14.9 Å². The number of ether oxygens (including phenoxy) is 1. The van der Waals surface area contributed by atoms with Crippen LogP contribution in [0.5, 0.6) is 17.2 Å². The number of phenolic OH excluding ortho intramolecular Hbond substituents is 2. The number of aliphatic imine (C=N–C) groups is 1. The first-order chi connectivity index (χ1) is 16.6. The van der Waals surface area contributed by atoms with Crippen molar-refractivity contribution in [3.63, 3.8) is 0 Å². The van der Waals surface area contributed by atoms with Crippen LogP contribution in [0.3, 0.4) is 0 Å². The van der Waals surface area contributed by atoms with Crippen LogP contribution in [0.25, 0.3) is 0 Å². The molecule has 1 aliphatic heterocycles. The smallest absolute Gasteiger partial charge is 0.348 e. The minimum Gasteiger partial charge on any atom is -0.508 e. The number of amides is 2. The van der Waals surface area contributed by atoms with E-state index in [0.29, 0.717) is 40.3 Å². The molecule has 1 unspecified atom stereocenters. The minimum absolute atomic E-state index is 0.0541. The first-order valence-electron chi connectivity index (χ1n) is 11.2. The van der Waals surface area contributed by atoms with E-state index in [1.54, 1.807) is 18.2 Å². The molecule has 1 atom stereocenters. The van der Waals surface area contributed by atoms with E-state index < -0.39 is 23.3 Å². The van der Waals surface area contributed by atoms with Gasteiger partial charge in [-0.1, -0.05) is 19.9 Å². The van der Waals surface area contributed by atoms with Crippen molar-refractivity contribution in [2.45, 2.75) is 31.7 Å². The Morgan fingerprint density at radius 3 is 2.37 bits per heavy atom. The molecule has 7 heteroatoms. The Balaban J connectivity index is 1.92. The first kappa shape index (κ1) is 24.0. The molecule has 0 saturated heterocycles. The molecule has 2 N–H and O–H groups in total. The fourth-order valence-electron chi connectivity index (χ4n) is 4.25. The van der Waals surface area contributed by atoms with Crippen LogP contribution in [0, 0.1) is 5.82 Å². The molecule has 0 fully saturated rings. The average molecular weight is 475 g/mol. The second kappa shape index (κ2) is 9.25. The fraction of sp³-hybridized carbons (Fsp3) is 0.214. The third-order valence-electron chi connectivity index (χ3n) is 6.35. The van der Waals surface area contributed by atoms with E-state index in [4.69, 9.17) is 4.74 Å². The van der Waals surface area contributed by atoms with Crippen molar-refractivity contribution in [3.05, 3.63) is 95.8 Å². The molecule has 0 aromatic heterocycles. The highest BCUT2D eigenvalue weighted by molar-refractivity contribution is 6.12. The highest BCUT2D eigenvalue weighted by Crippen LogP contribution is 2.44. The Morgan fingerprint density at radius 1 is 1.11 bits per heavy atom. The van der Waals surface area contributed by atoms with Gasteiger partial charge >= 0.3 is 6.03 Å². The summed E-state index contributed by atoms with van der Waals surface area (Å²) in [5.41, 5.74) is 2.46. The molecule has 35 heavy (non-hydrogen) atoms. The number of carbonyl (C=O) groups is 1. The van der Waals surface area contributed by atoms with Crippen molar-refractivity contribution in [2.24, 2.45) is 4.99 Å². The summed E-state index contributed by atoms with van der Waals surface area (Å²) in [6.45, 7) is 7.75. The maximum absolute atomic E-state index is 13.7. The number of halogens is 1. The molecule has 0 aliphatic carbocycles. The van der Waals surface area contributed by atoms with Gasteiger partial charge in [0, 0.05) is 34.7 Å². The predicted octanol–water partition coefficient (Wildman–Crippen LogP) is 6.27. The van der Waals surface area contributed by atoms with E-state index in [2.05, 4.69) is 11.6 Å². The van der Waals surface area contributed by atoms with Crippen LogP contribution >= 0.6 is 0 Å².